The fourth-order valence-electron chi connectivity index (χ4n) is 3.72. The minimum Gasteiger partial charge on any atom is -0.371 e. The Morgan fingerprint density at radius 1 is 1.09 bits per heavy atom. The summed E-state index contributed by atoms with van der Waals surface area (Å²) in [6.45, 7) is 3.17. The fourth-order valence-corrected chi connectivity index (χ4v) is 3.98. The van der Waals surface area contributed by atoms with Crippen LogP contribution in [-0.4, -0.2) is 61.9 Å². The molecule has 1 heterocycles. The molecule has 0 saturated carbocycles. The van der Waals surface area contributed by atoms with Gasteiger partial charge in [0, 0.05) is 43.1 Å². The van der Waals surface area contributed by atoms with Crippen molar-refractivity contribution in [3.63, 3.8) is 0 Å². The number of nitro groups is 1. The van der Waals surface area contributed by atoms with E-state index in [-0.39, 0.29) is 22.2 Å². The van der Waals surface area contributed by atoms with Gasteiger partial charge in [0.05, 0.1) is 21.1 Å². The average Bonchev–Trinajstić information content (AvgIpc) is 3.31. The van der Waals surface area contributed by atoms with Crippen molar-refractivity contribution in [2.24, 2.45) is 0 Å². The summed E-state index contributed by atoms with van der Waals surface area (Å²) in [5.41, 5.74) is 1.69. The van der Waals surface area contributed by atoms with Gasteiger partial charge in [0.1, 0.15) is 0 Å². The lowest BCUT2D eigenvalue weighted by molar-refractivity contribution is -0.384. The molecule has 176 valence electrons. The molecule has 0 atom stereocenters. The zero-order valence-corrected chi connectivity index (χ0v) is 19.5. The van der Waals surface area contributed by atoms with Gasteiger partial charge in [-0.25, -0.2) is 0 Å². The summed E-state index contributed by atoms with van der Waals surface area (Å²) >= 11 is 6.08. The van der Waals surface area contributed by atoms with E-state index < -0.39 is 10.8 Å². The van der Waals surface area contributed by atoms with Gasteiger partial charge in [0.2, 0.25) is 0 Å². The molecule has 1 saturated heterocycles. The first-order valence-corrected chi connectivity index (χ1v) is 11.2. The first kappa shape index (κ1) is 24.5. The van der Waals surface area contributed by atoms with E-state index in [1.54, 1.807) is 12.1 Å². The molecular formula is C23H28ClN5O4. The Balaban J connectivity index is 1.79. The van der Waals surface area contributed by atoms with Crippen molar-refractivity contribution in [3.05, 3.63) is 62.7 Å². The highest BCUT2D eigenvalue weighted by Crippen LogP contribution is 2.29. The molecule has 0 bridgehead atoms. The molecule has 2 aromatic rings. The Morgan fingerprint density at radius 2 is 1.82 bits per heavy atom. The summed E-state index contributed by atoms with van der Waals surface area (Å²) < 4.78 is 0. The van der Waals surface area contributed by atoms with Crippen LogP contribution < -0.4 is 15.5 Å². The predicted octanol–water partition coefficient (Wildman–Crippen LogP) is 3.78. The molecule has 2 amide bonds. The van der Waals surface area contributed by atoms with Gasteiger partial charge < -0.3 is 20.4 Å². The number of rotatable bonds is 9. The van der Waals surface area contributed by atoms with Crippen molar-refractivity contribution >= 4 is 40.5 Å². The van der Waals surface area contributed by atoms with E-state index >= 15 is 0 Å². The van der Waals surface area contributed by atoms with Gasteiger partial charge in [-0.3, -0.25) is 19.7 Å². The monoisotopic (exact) mass is 473 g/mol. The highest BCUT2D eigenvalue weighted by Gasteiger charge is 2.21. The first-order valence-electron chi connectivity index (χ1n) is 10.8. The summed E-state index contributed by atoms with van der Waals surface area (Å²) in [5.74, 6) is -0.707. The SMILES string of the molecule is CN(C)CCCNC(=O)c1cc(NC(=O)c2ccc([N+](=O)[O-])cc2Cl)ccc1N1CCCC1. The first-order chi connectivity index (χ1) is 15.8. The molecule has 0 unspecified atom stereocenters. The van der Waals surface area contributed by atoms with Crippen molar-refractivity contribution in [1.29, 1.82) is 0 Å². The van der Waals surface area contributed by atoms with E-state index in [1.165, 1.54) is 12.1 Å². The number of carbonyl (C=O) groups is 2. The van der Waals surface area contributed by atoms with Gasteiger partial charge >= 0.3 is 0 Å². The maximum atomic E-state index is 13.0. The molecule has 0 aliphatic carbocycles. The summed E-state index contributed by atoms with van der Waals surface area (Å²) in [5, 5.41) is 16.6. The van der Waals surface area contributed by atoms with E-state index in [4.69, 9.17) is 11.6 Å². The molecule has 1 aliphatic rings. The second kappa shape index (κ2) is 11.1. The zero-order valence-electron chi connectivity index (χ0n) is 18.8. The predicted molar refractivity (Wildman–Crippen MR) is 129 cm³/mol. The molecule has 10 heteroatoms. The lowest BCUT2D eigenvalue weighted by Crippen LogP contribution is -2.29. The number of nitro benzene ring substituents is 1. The van der Waals surface area contributed by atoms with Crippen molar-refractivity contribution < 1.29 is 14.5 Å². The number of carbonyl (C=O) groups excluding carboxylic acids is 2. The van der Waals surface area contributed by atoms with Crippen LogP contribution in [0.3, 0.4) is 0 Å². The third-order valence-electron chi connectivity index (χ3n) is 5.42. The molecule has 2 N–H and O–H groups in total. The Morgan fingerprint density at radius 3 is 2.45 bits per heavy atom. The summed E-state index contributed by atoms with van der Waals surface area (Å²) in [6, 6.07) is 8.92. The summed E-state index contributed by atoms with van der Waals surface area (Å²) in [6.07, 6.45) is 2.97. The van der Waals surface area contributed by atoms with Crippen molar-refractivity contribution in [1.82, 2.24) is 10.2 Å². The van der Waals surface area contributed by atoms with E-state index in [0.29, 0.717) is 17.8 Å². The van der Waals surface area contributed by atoms with E-state index in [0.717, 1.165) is 50.7 Å². The minimum atomic E-state index is -0.575. The lowest BCUT2D eigenvalue weighted by atomic mass is 10.1. The van der Waals surface area contributed by atoms with Crippen LogP contribution in [0.25, 0.3) is 0 Å². The van der Waals surface area contributed by atoms with Gasteiger partial charge in [-0.05, 0) is 64.2 Å². The number of benzene rings is 2. The van der Waals surface area contributed by atoms with Crippen molar-refractivity contribution in [2.45, 2.75) is 19.3 Å². The normalized spacial score (nSPS) is 13.3. The molecule has 1 aliphatic heterocycles. The smallest absolute Gasteiger partial charge is 0.270 e. The van der Waals surface area contributed by atoms with Crippen LogP contribution in [0, 0.1) is 10.1 Å². The second-order valence-electron chi connectivity index (χ2n) is 8.21. The van der Waals surface area contributed by atoms with Crippen molar-refractivity contribution in [2.75, 3.05) is 50.5 Å². The largest absolute Gasteiger partial charge is 0.371 e. The topological polar surface area (TPSA) is 108 Å². The fraction of sp³-hybridized carbons (Fsp3) is 0.391. The Labute approximate surface area is 197 Å². The number of non-ortho nitro benzene ring substituents is 1. The maximum absolute atomic E-state index is 13.0. The molecule has 0 aromatic heterocycles. The van der Waals surface area contributed by atoms with Crippen LogP contribution >= 0.6 is 11.6 Å². The highest BCUT2D eigenvalue weighted by molar-refractivity contribution is 6.34. The number of amides is 2. The third kappa shape index (κ3) is 6.43. The molecule has 9 nitrogen and oxygen atoms in total. The van der Waals surface area contributed by atoms with Crippen LogP contribution in [-0.2, 0) is 0 Å². The Bertz CT molecular complexity index is 1040. The zero-order chi connectivity index (χ0) is 24.0. The van der Waals surface area contributed by atoms with Crippen LogP contribution in [0.15, 0.2) is 36.4 Å². The van der Waals surface area contributed by atoms with Crippen LogP contribution in [0.2, 0.25) is 5.02 Å². The molecule has 3 rings (SSSR count). The number of anilines is 2. The molecule has 2 aromatic carbocycles. The highest BCUT2D eigenvalue weighted by atomic mass is 35.5. The quantitative estimate of drug-likeness (QED) is 0.326. The second-order valence-corrected chi connectivity index (χ2v) is 8.62. The van der Waals surface area contributed by atoms with Gasteiger partial charge in [-0.2, -0.15) is 0 Å². The Hall–Kier alpha value is -3.17. The van der Waals surface area contributed by atoms with Crippen LogP contribution in [0.5, 0.6) is 0 Å². The maximum Gasteiger partial charge on any atom is 0.270 e. The van der Waals surface area contributed by atoms with Crippen LogP contribution in [0.1, 0.15) is 40.0 Å². The number of halogens is 1. The van der Waals surface area contributed by atoms with E-state index in [9.17, 15) is 19.7 Å². The van der Waals surface area contributed by atoms with E-state index in [2.05, 4.69) is 20.4 Å². The van der Waals surface area contributed by atoms with Crippen LogP contribution in [0.4, 0.5) is 17.1 Å². The van der Waals surface area contributed by atoms with E-state index in [1.807, 2.05) is 20.2 Å². The minimum absolute atomic E-state index is 0.0192. The Kier molecular flexibility index (Phi) is 8.24. The van der Waals surface area contributed by atoms with Gasteiger partial charge in [0.15, 0.2) is 0 Å². The lowest BCUT2D eigenvalue weighted by Gasteiger charge is -2.22. The molecule has 1 fully saturated rings. The van der Waals surface area contributed by atoms with Gasteiger partial charge in [-0.1, -0.05) is 11.6 Å². The third-order valence-corrected chi connectivity index (χ3v) is 5.73. The molecular weight excluding hydrogens is 446 g/mol. The average molecular weight is 474 g/mol. The molecule has 0 radical (unpaired) electrons. The van der Waals surface area contributed by atoms with Gasteiger partial charge in [0.25, 0.3) is 17.5 Å². The summed E-state index contributed by atoms with van der Waals surface area (Å²) in [4.78, 5) is 40.3. The van der Waals surface area contributed by atoms with Crippen molar-refractivity contribution in [3.8, 4) is 0 Å². The molecule has 33 heavy (non-hydrogen) atoms. The number of nitrogens with zero attached hydrogens (tertiary/aromatic N) is 3. The molecule has 0 spiro atoms. The van der Waals surface area contributed by atoms with Gasteiger partial charge in [-0.15, -0.1) is 0 Å². The standard InChI is InChI=1S/C23H28ClN5O4/c1-27(2)11-5-10-25-22(30)19-14-16(6-9-21(19)28-12-3-4-13-28)26-23(31)18-8-7-17(29(32)33)15-20(18)24/h6-9,14-15H,3-5,10-13H2,1-2H3,(H,25,30)(H,26,31). The summed E-state index contributed by atoms with van der Waals surface area (Å²) in [7, 11) is 3.97. The number of hydrogen-bond acceptors (Lipinski definition) is 6. The number of nitrogens with one attached hydrogen (secondary N) is 2. The number of hydrogen-bond donors (Lipinski definition) is 2.